The fourth-order valence-electron chi connectivity index (χ4n) is 1.67. The van der Waals surface area contributed by atoms with Crippen LogP contribution in [0.5, 0.6) is 0 Å². The Morgan fingerprint density at radius 2 is 2.11 bits per heavy atom. The summed E-state index contributed by atoms with van der Waals surface area (Å²) in [5.74, 6) is -0.401. The zero-order valence-electron chi connectivity index (χ0n) is 10.0. The minimum absolute atomic E-state index is 0.401. The summed E-state index contributed by atoms with van der Waals surface area (Å²) in [4.78, 5) is 14.9. The molecule has 0 bridgehead atoms. The molecule has 3 N–H and O–H groups in total. The van der Waals surface area contributed by atoms with Crippen molar-refractivity contribution < 1.29 is 4.79 Å². The minimum Gasteiger partial charge on any atom is -0.385 e. The van der Waals surface area contributed by atoms with Gasteiger partial charge in [-0.1, -0.05) is 0 Å². The number of hydrogen-bond acceptors (Lipinski definition) is 3. The number of nitrogens with two attached hydrogens (primary N) is 1. The van der Waals surface area contributed by atoms with Gasteiger partial charge >= 0.3 is 0 Å². The molecule has 0 aliphatic carbocycles. The van der Waals surface area contributed by atoms with Gasteiger partial charge in [0.2, 0.25) is 5.91 Å². The van der Waals surface area contributed by atoms with Crippen LogP contribution in [0.2, 0.25) is 0 Å². The van der Waals surface area contributed by atoms with Crippen LogP contribution in [0.3, 0.4) is 0 Å². The van der Waals surface area contributed by atoms with E-state index in [0.29, 0.717) is 5.56 Å². The van der Waals surface area contributed by atoms with Crippen molar-refractivity contribution >= 4 is 11.6 Å². The molecule has 0 aliphatic rings. The van der Waals surface area contributed by atoms with Gasteiger partial charge in [0, 0.05) is 36.7 Å². The van der Waals surface area contributed by atoms with E-state index in [1.807, 2.05) is 29.2 Å². The molecule has 0 aliphatic heterocycles. The lowest BCUT2D eigenvalue weighted by atomic mass is 10.2. The first-order valence-electron chi connectivity index (χ1n) is 5.85. The van der Waals surface area contributed by atoms with Gasteiger partial charge in [-0.2, -0.15) is 0 Å². The van der Waals surface area contributed by atoms with Crippen molar-refractivity contribution in [1.29, 1.82) is 0 Å². The number of aryl methyl sites for hydroxylation is 1. The number of rotatable bonds is 6. The summed E-state index contributed by atoms with van der Waals surface area (Å²) in [6.07, 6.45) is 6.53. The quantitative estimate of drug-likeness (QED) is 0.756. The van der Waals surface area contributed by atoms with Crippen molar-refractivity contribution in [1.82, 2.24) is 9.55 Å². The van der Waals surface area contributed by atoms with Crippen molar-refractivity contribution in [3.63, 3.8) is 0 Å². The summed E-state index contributed by atoms with van der Waals surface area (Å²) < 4.78 is 2.04. The molecule has 0 radical (unpaired) electrons. The molecular formula is C13H16N4O. The molecule has 0 unspecified atom stereocenters. The summed E-state index contributed by atoms with van der Waals surface area (Å²) in [5.41, 5.74) is 6.69. The van der Waals surface area contributed by atoms with E-state index in [2.05, 4.69) is 10.3 Å². The number of anilines is 1. The first-order valence-corrected chi connectivity index (χ1v) is 5.85. The summed E-state index contributed by atoms with van der Waals surface area (Å²) in [5, 5.41) is 3.29. The van der Waals surface area contributed by atoms with Crippen LogP contribution < -0.4 is 11.1 Å². The lowest BCUT2D eigenvalue weighted by Crippen LogP contribution is -2.11. The highest BCUT2D eigenvalue weighted by Gasteiger charge is 1.99. The van der Waals surface area contributed by atoms with E-state index in [1.165, 1.54) is 0 Å². The number of nitrogens with zero attached hydrogens (tertiary/aromatic N) is 2. The number of aromatic nitrogens is 2. The molecule has 1 aromatic carbocycles. The van der Waals surface area contributed by atoms with Gasteiger partial charge in [0.25, 0.3) is 0 Å². The van der Waals surface area contributed by atoms with E-state index < -0.39 is 5.91 Å². The van der Waals surface area contributed by atoms with Gasteiger partial charge in [-0.3, -0.25) is 4.79 Å². The normalized spacial score (nSPS) is 10.2. The Bertz CT molecular complexity index is 490. The lowest BCUT2D eigenvalue weighted by molar-refractivity contribution is 0.100. The zero-order valence-corrected chi connectivity index (χ0v) is 10.0. The third-order valence-corrected chi connectivity index (χ3v) is 2.65. The van der Waals surface area contributed by atoms with Crippen LogP contribution in [-0.2, 0) is 6.54 Å². The standard InChI is InChI=1S/C13H16N4O/c14-13(18)11-2-4-12(5-3-11)16-6-1-8-17-9-7-15-10-17/h2-5,7,9-10,16H,1,6,8H2,(H2,14,18). The van der Waals surface area contributed by atoms with Crippen LogP contribution >= 0.6 is 0 Å². The Kier molecular flexibility index (Phi) is 3.96. The molecule has 2 aromatic rings. The largest absolute Gasteiger partial charge is 0.385 e. The van der Waals surface area contributed by atoms with E-state index in [9.17, 15) is 4.79 Å². The second kappa shape index (κ2) is 5.86. The first kappa shape index (κ1) is 12.2. The molecule has 1 aromatic heterocycles. The molecule has 0 spiro atoms. The molecule has 1 heterocycles. The number of carbonyl (C=O) groups excluding carboxylic acids is 1. The van der Waals surface area contributed by atoms with Crippen LogP contribution in [0.4, 0.5) is 5.69 Å². The number of nitrogens with one attached hydrogen (secondary N) is 1. The van der Waals surface area contributed by atoms with Gasteiger partial charge in [0.05, 0.1) is 6.33 Å². The van der Waals surface area contributed by atoms with Gasteiger partial charge < -0.3 is 15.6 Å². The maximum Gasteiger partial charge on any atom is 0.248 e. The van der Waals surface area contributed by atoms with Crippen LogP contribution in [0.25, 0.3) is 0 Å². The van der Waals surface area contributed by atoms with E-state index in [-0.39, 0.29) is 0 Å². The van der Waals surface area contributed by atoms with Gasteiger partial charge in [0.15, 0.2) is 0 Å². The third kappa shape index (κ3) is 3.35. The van der Waals surface area contributed by atoms with Crippen molar-refractivity contribution in [2.75, 3.05) is 11.9 Å². The van der Waals surface area contributed by atoms with Gasteiger partial charge in [-0.05, 0) is 30.7 Å². The van der Waals surface area contributed by atoms with Gasteiger partial charge in [-0.25, -0.2) is 4.98 Å². The van der Waals surface area contributed by atoms with E-state index in [4.69, 9.17) is 5.73 Å². The average molecular weight is 244 g/mol. The second-order valence-electron chi connectivity index (χ2n) is 4.02. The molecule has 0 saturated heterocycles. The summed E-state index contributed by atoms with van der Waals surface area (Å²) in [6, 6.07) is 7.16. The molecule has 0 saturated carbocycles. The number of primary amides is 1. The summed E-state index contributed by atoms with van der Waals surface area (Å²) in [7, 11) is 0. The Morgan fingerprint density at radius 3 is 2.72 bits per heavy atom. The number of amides is 1. The predicted molar refractivity (Wildman–Crippen MR) is 70.3 cm³/mol. The fraction of sp³-hybridized carbons (Fsp3) is 0.231. The minimum atomic E-state index is -0.401. The molecule has 5 nitrogen and oxygen atoms in total. The van der Waals surface area contributed by atoms with Crippen LogP contribution in [0.1, 0.15) is 16.8 Å². The number of carbonyl (C=O) groups is 1. The Labute approximate surface area is 106 Å². The van der Waals surface area contributed by atoms with Crippen molar-refractivity contribution in [2.24, 2.45) is 5.73 Å². The Hall–Kier alpha value is -2.30. The molecule has 18 heavy (non-hydrogen) atoms. The van der Waals surface area contributed by atoms with Crippen LogP contribution in [0.15, 0.2) is 43.0 Å². The van der Waals surface area contributed by atoms with Crippen molar-refractivity contribution in [3.05, 3.63) is 48.5 Å². The molecule has 5 heteroatoms. The third-order valence-electron chi connectivity index (χ3n) is 2.65. The monoisotopic (exact) mass is 244 g/mol. The maximum absolute atomic E-state index is 10.9. The zero-order chi connectivity index (χ0) is 12.8. The van der Waals surface area contributed by atoms with E-state index in [0.717, 1.165) is 25.2 Å². The van der Waals surface area contributed by atoms with Crippen LogP contribution in [-0.4, -0.2) is 22.0 Å². The fourth-order valence-corrected chi connectivity index (χ4v) is 1.67. The summed E-state index contributed by atoms with van der Waals surface area (Å²) >= 11 is 0. The highest BCUT2D eigenvalue weighted by molar-refractivity contribution is 5.93. The van der Waals surface area contributed by atoms with Crippen molar-refractivity contribution in [2.45, 2.75) is 13.0 Å². The van der Waals surface area contributed by atoms with Crippen molar-refractivity contribution in [3.8, 4) is 0 Å². The van der Waals surface area contributed by atoms with E-state index >= 15 is 0 Å². The molecule has 1 amide bonds. The van der Waals surface area contributed by atoms with Gasteiger partial charge in [-0.15, -0.1) is 0 Å². The maximum atomic E-state index is 10.9. The number of benzene rings is 1. The second-order valence-corrected chi connectivity index (χ2v) is 4.02. The average Bonchev–Trinajstić information content (AvgIpc) is 2.88. The Balaban J connectivity index is 1.75. The smallest absolute Gasteiger partial charge is 0.248 e. The molecule has 0 fully saturated rings. The van der Waals surface area contributed by atoms with E-state index in [1.54, 1.807) is 18.3 Å². The van der Waals surface area contributed by atoms with Crippen LogP contribution in [0, 0.1) is 0 Å². The predicted octanol–water partition coefficient (Wildman–Crippen LogP) is 1.48. The first-order chi connectivity index (χ1) is 8.75. The molecule has 2 rings (SSSR count). The molecular weight excluding hydrogens is 228 g/mol. The SMILES string of the molecule is NC(=O)c1ccc(NCCCn2ccnc2)cc1. The summed E-state index contributed by atoms with van der Waals surface area (Å²) in [6.45, 7) is 1.81. The highest BCUT2D eigenvalue weighted by Crippen LogP contribution is 2.09. The Morgan fingerprint density at radius 1 is 1.33 bits per heavy atom. The van der Waals surface area contributed by atoms with Gasteiger partial charge in [0.1, 0.15) is 0 Å². The number of hydrogen-bond donors (Lipinski definition) is 2. The number of imidazole rings is 1. The molecule has 94 valence electrons. The highest BCUT2D eigenvalue weighted by atomic mass is 16.1. The molecule has 0 atom stereocenters. The topological polar surface area (TPSA) is 72.9 Å². The lowest BCUT2D eigenvalue weighted by Gasteiger charge is -2.07.